The lowest BCUT2D eigenvalue weighted by molar-refractivity contribution is -0.123. The summed E-state index contributed by atoms with van der Waals surface area (Å²) in [6.45, 7) is 4.10. The van der Waals surface area contributed by atoms with E-state index < -0.39 is 5.91 Å². The molecule has 126 valence electrons. The molecule has 2 N–H and O–H groups in total. The molecule has 6 nitrogen and oxygen atoms in total. The number of para-hydroxylation sites is 1. The number of aromatic hydroxyl groups is 1. The quantitative estimate of drug-likeness (QED) is 0.605. The van der Waals surface area contributed by atoms with E-state index in [9.17, 15) is 9.90 Å². The largest absolute Gasteiger partial charge is 0.504 e. The fourth-order valence-corrected chi connectivity index (χ4v) is 1.90. The first kappa shape index (κ1) is 17.3. The Hall–Kier alpha value is -3.02. The van der Waals surface area contributed by atoms with Crippen LogP contribution >= 0.6 is 0 Å². The zero-order valence-corrected chi connectivity index (χ0v) is 13.7. The highest BCUT2D eigenvalue weighted by Gasteiger charge is 2.06. The molecular formula is C18H20N2O4. The molecule has 0 fully saturated rings. The molecule has 0 aromatic heterocycles. The summed E-state index contributed by atoms with van der Waals surface area (Å²) >= 11 is 0. The molecule has 0 aliphatic heterocycles. The molecule has 2 aromatic rings. The predicted octanol–water partition coefficient (Wildman–Crippen LogP) is 2.63. The fraction of sp³-hybridized carbons (Fsp3) is 0.222. The molecule has 0 saturated carbocycles. The minimum absolute atomic E-state index is 0.0201. The van der Waals surface area contributed by atoms with Gasteiger partial charge in [-0.3, -0.25) is 4.79 Å². The summed E-state index contributed by atoms with van der Waals surface area (Å²) in [6, 6.07) is 12.4. The average Bonchev–Trinajstić information content (AvgIpc) is 2.58. The maximum atomic E-state index is 11.7. The SMILES string of the molecule is CCOc1cccc(/C=N/NC(=O)COc2ccc(C)cc2)c1O. The van der Waals surface area contributed by atoms with Crippen molar-refractivity contribution in [2.24, 2.45) is 5.10 Å². The Bertz CT molecular complexity index is 711. The third-order valence-electron chi connectivity index (χ3n) is 3.11. The molecule has 0 aliphatic rings. The van der Waals surface area contributed by atoms with Gasteiger partial charge >= 0.3 is 0 Å². The second-order valence-electron chi connectivity index (χ2n) is 5.02. The van der Waals surface area contributed by atoms with Crippen LogP contribution in [0.25, 0.3) is 0 Å². The highest BCUT2D eigenvalue weighted by molar-refractivity contribution is 5.86. The summed E-state index contributed by atoms with van der Waals surface area (Å²) in [5.41, 5.74) is 3.91. The van der Waals surface area contributed by atoms with Crippen molar-refractivity contribution >= 4 is 12.1 Å². The Labute approximate surface area is 140 Å². The fourth-order valence-electron chi connectivity index (χ4n) is 1.90. The number of rotatable bonds is 7. The molecule has 1 amide bonds. The number of aryl methyl sites for hydroxylation is 1. The van der Waals surface area contributed by atoms with Crippen LogP contribution in [0.5, 0.6) is 17.2 Å². The van der Waals surface area contributed by atoms with Gasteiger partial charge in [-0.1, -0.05) is 23.8 Å². The third-order valence-corrected chi connectivity index (χ3v) is 3.11. The van der Waals surface area contributed by atoms with Crippen molar-refractivity contribution < 1.29 is 19.4 Å². The van der Waals surface area contributed by atoms with E-state index in [-0.39, 0.29) is 12.4 Å². The number of carbonyl (C=O) groups excluding carboxylic acids is 1. The summed E-state index contributed by atoms with van der Waals surface area (Å²) in [5, 5.41) is 13.8. The summed E-state index contributed by atoms with van der Waals surface area (Å²) < 4.78 is 10.6. The third kappa shape index (κ3) is 5.01. The van der Waals surface area contributed by atoms with Crippen molar-refractivity contribution in [3.05, 3.63) is 53.6 Å². The van der Waals surface area contributed by atoms with E-state index in [1.54, 1.807) is 30.3 Å². The summed E-state index contributed by atoms with van der Waals surface area (Å²) in [6.07, 6.45) is 1.35. The molecule has 2 aromatic carbocycles. The van der Waals surface area contributed by atoms with Gasteiger partial charge in [-0.2, -0.15) is 5.10 Å². The lowest BCUT2D eigenvalue weighted by atomic mass is 10.2. The number of hydrazone groups is 1. The number of phenols is 1. The van der Waals surface area contributed by atoms with Gasteiger partial charge in [-0.15, -0.1) is 0 Å². The average molecular weight is 328 g/mol. The molecule has 0 aliphatic carbocycles. The highest BCUT2D eigenvalue weighted by Crippen LogP contribution is 2.28. The van der Waals surface area contributed by atoms with Crippen LogP contribution in [-0.2, 0) is 4.79 Å². The normalized spacial score (nSPS) is 10.6. The number of amides is 1. The van der Waals surface area contributed by atoms with Crippen LogP contribution in [0.15, 0.2) is 47.6 Å². The molecule has 0 radical (unpaired) electrons. The van der Waals surface area contributed by atoms with E-state index in [0.29, 0.717) is 23.7 Å². The molecule has 24 heavy (non-hydrogen) atoms. The Kier molecular flexibility index (Phi) is 6.19. The summed E-state index contributed by atoms with van der Waals surface area (Å²) in [4.78, 5) is 11.7. The second kappa shape index (κ2) is 8.57. The number of hydrogen-bond donors (Lipinski definition) is 2. The first-order valence-corrected chi connectivity index (χ1v) is 7.56. The predicted molar refractivity (Wildman–Crippen MR) is 91.7 cm³/mol. The number of carbonyl (C=O) groups is 1. The maximum absolute atomic E-state index is 11.7. The number of phenolic OH excluding ortho intramolecular Hbond substituents is 1. The van der Waals surface area contributed by atoms with Crippen molar-refractivity contribution in [2.45, 2.75) is 13.8 Å². The lowest BCUT2D eigenvalue weighted by Crippen LogP contribution is -2.24. The topological polar surface area (TPSA) is 80.2 Å². The molecule has 0 spiro atoms. The van der Waals surface area contributed by atoms with Crippen molar-refractivity contribution in [3.63, 3.8) is 0 Å². The number of hydrogen-bond acceptors (Lipinski definition) is 5. The van der Waals surface area contributed by atoms with Crippen LogP contribution < -0.4 is 14.9 Å². The number of nitrogens with zero attached hydrogens (tertiary/aromatic N) is 1. The monoisotopic (exact) mass is 328 g/mol. The van der Waals surface area contributed by atoms with E-state index in [0.717, 1.165) is 5.56 Å². The molecular weight excluding hydrogens is 308 g/mol. The van der Waals surface area contributed by atoms with Gasteiger partial charge in [0.25, 0.3) is 5.91 Å². The van der Waals surface area contributed by atoms with Crippen LogP contribution in [0, 0.1) is 6.92 Å². The van der Waals surface area contributed by atoms with E-state index >= 15 is 0 Å². The number of ether oxygens (including phenoxy) is 2. The van der Waals surface area contributed by atoms with Crippen LogP contribution in [0.1, 0.15) is 18.1 Å². The number of nitrogens with one attached hydrogen (secondary N) is 1. The number of benzene rings is 2. The Balaban J connectivity index is 1.86. The van der Waals surface area contributed by atoms with Crippen molar-refractivity contribution in [1.82, 2.24) is 5.43 Å². The Morgan fingerprint density at radius 2 is 1.96 bits per heavy atom. The van der Waals surface area contributed by atoms with E-state index in [1.165, 1.54) is 6.21 Å². The van der Waals surface area contributed by atoms with Gasteiger partial charge in [-0.25, -0.2) is 5.43 Å². The second-order valence-corrected chi connectivity index (χ2v) is 5.02. The van der Waals surface area contributed by atoms with Crippen LogP contribution in [0.3, 0.4) is 0 Å². The molecule has 2 rings (SSSR count). The van der Waals surface area contributed by atoms with Gasteiger partial charge in [0.2, 0.25) is 0 Å². The minimum Gasteiger partial charge on any atom is -0.504 e. The van der Waals surface area contributed by atoms with Gasteiger partial charge in [0.1, 0.15) is 5.75 Å². The van der Waals surface area contributed by atoms with Crippen LogP contribution in [0.4, 0.5) is 0 Å². The highest BCUT2D eigenvalue weighted by atomic mass is 16.5. The van der Waals surface area contributed by atoms with Crippen molar-refractivity contribution in [3.8, 4) is 17.2 Å². The summed E-state index contributed by atoms with van der Waals surface area (Å²) in [5.74, 6) is 0.567. The van der Waals surface area contributed by atoms with Gasteiger partial charge < -0.3 is 14.6 Å². The molecule has 0 atom stereocenters. The van der Waals surface area contributed by atoms with Gasteiger partial charge in [0, 0.05) is 5.56 Å². The molecule has 0 heterocycles. The maximum Gasteiger partial charge on any atom is 0.277 e. The van der Waals surface area contributed by atoms with Crippen molar-refractivity contribution in [2.75, 3.05) is 13.2 Å². The zero-order chi connectivity index (χ0) is 17.4. The Morgan fingerprint density at radius 1 is 1.21 bits per heavy atom. The van der Waals surface area contributed by atoms with E-state index in [2.05, 4.69) is 10.5 Å². The van der Waals surface area contributed by atoms with E-state index in [4.69, 9.17) is 9.47 Å². The smallest absolute Gasteiger partial charge is 0.277 e. The molecule has 6 heteroatoms. The van der Waals surface area contributed by atoms with E-state index in [1.807, 2.05) is 26.0 Å². The minimum atomic E-state index is -0.396. The zero-order valence-electron chi connectivity index (χ0n) is 13.7. The van der Waals surface area contributed by atoms with Crippen molar-refractivity contribution in [1.29, 1.82) is 0 Å². The Morgan fingerprint density at radius 3 is 2.67 bits per heavy atom. The lowest BCUT2D eigenvalue weighted by Gasteiger charge is -2.07. The summed E-state index contributed by atoms with van der Waals surface area (Å²) in [7, 11) is 0. The molecule has 0 bridgehead atoms. The van der Waals surface area contributed by atoms with Gasteiger partial charge in [0.05, 0.1) is 12.8 Å². The molecule has 0 saturated heterocycles. The van der Waals surface area contributed by atoms with Gasteiger partial charge in [0.15, 0.2) is 18.1 Å². The van der Waals surface area contributed by atoms with Crippen LogP contribution in [-0.4, -0.2) is 30.4 Å². The van der Waals surface area contributed by atoms with Gasteiger partial charge in [-0.05, 0) is 38.1 Å². The standard InChI is InChI=1S/C18H20N2O4/c1-3-23-16-6-4-5-14(18(16)22)11-19-20-17(21)12-24-15-9-7-13(2)8-10-15/h4-11,22H,3,12H2,1-2H3,(H,20,21)/b19-11+. The van der Waals surface area contributed by atoms with Crippen LogP contribution in [0.2, 0.25) is 0 Å². The first-order chi connectivity index (χ1) is 11.6. The molecule has 0 unspecified atom stereocenters. The first-order valence-electron chi connectivity index (χ1n) is 7.56.